The first kappa shape index (κ1) is 12.0. The fraction of sp³-hybridized carbons (Fsp3) is 0. The van der Waals surface area contributed by atoms with E-state index >= 15 is 0 Å². The molecule has 1 aromatic carbocycles. The van der Waals surface area contributed by atoms with Crippen LogP contribution in [0.25, 0.3) is 17.2 Å². The van der Waals surface area contributed by atoms with Gasteiger partial charge in [0.25, 0.3) is 0 Å². The maximum absolute atomic E-state index is 14.1. The first-order chi connectivity index (χ1) is 8.68. The van der Waals surface area contributed by atoms with Crippen LogP contribution >= 0.6 is 0 Å². The molecule has 2 aromatic rings. The molecule has 1 aromatic heterocycles. The van der Waals surface area contributed by atoms with Crippen LogP contribution in [0.15, 0.2) is 48.8 Å². The van der Waals surface area contributed by atoms with Crippen LogP contribution in [0.5, 0.6) is 0 Å². The van der Waals surface area contributed by atoms with Crippen molar-refractivity contribution in [2.45, 2.75) is 0 Å². The van der Waals surface area contributed by atoms with Gasteiger partial charge in [0.05, 0.1) is 0 Å². The number of benzene rings is 1. The zero-order valence-corrected chi connectivity index (χ0v) is 9.38. The predicted octanol–water partition coefficient (Wildman–Crippen LogP) is 2.99. The highest BCUT2D eigenvalue weighted by molar-refractivity contribution is 5.85. The van der Waals surface area contributed by atoms with Crippen molar-refractivity contribution in [3.05, 3.63) is 60.2 Å². The van der Waals surface area contributed by atoms with Crippen molar-refractivity contribution < 1.29 is 14.3 Å². The van der Waals surface area contributed by atoms with Crippen LogP contribution < -0.4 is 0 Å². The molecule has 0 atom stereocenters. The van der Waals surface area contributed by atoms with E-state index in [4.69, 9.17) is 5.11 Å². The zero-order chi connectivity index (χ0) is 13.0. The minimum absolute atomic E-state index is 0.242. The molecule has 2 rings (SSSR count). The van der Waals surface area contributed by atoms with Crippen LogP contribution in [0.3, 0.4) is 0 Å². The van der Waals surface area contributed by atoms with Gasteiger partial charge >= 0.3 is 5.97 Å². The average molecular weight is 243 g/mol. The van der Waals surface area contributed by atoms with Gasteiger partial charge < -0.3 is 5.11 Å². The van der Waals surface area contributed by atoms with Crippen molar-refractivity contribution in [3.63, 3.8) is 0 Å². The van der Waals surface area contributed by atoms with Gasteiger partial charge in [-0.05, 0) is 23.8 Å². The van der Waals surface area contributed by atoms with E-state index in [2.05, 4.69) is 4.98 Å². The second kappa shape index (κ2) is 5.23. The number of nitrogens with zero attached hydrogens (tertiary/aromatic N) is 1. The third kappa shape index (κ3) is 2.60. The van der Waals surface area contributed by atoms with Gasteiger partial charge in [-0.1, -0.05) is 18.2 Å². The summed E-state index contributed by atoms with van der Waals surface area (Å²) in [5, 5.41) is 8.53. The monoisotopic (exact) mass is 243 g/mol. The lowest BCUT2D eigenvalue weighted by molar-refractivity contribution is -0.131. The molecule has 0 aliphatic heterocycles. The highest BCUT2D eigenvalue weighted by Crippen LogP contribution is 2.24. The van der Waals surface area contributed by atoms with Crippen molar-refractivity contribution in [2.75, 3.05) is 0 Å². The summed E-state index contributed by atoms with van der Waals surface area (Å²) in [6.45, 7) is 0. The molecule has 0 saturated heterocycles. The number of aliphatic carboxylic acids is 1. The van der Waals surface area contributed by atoms with Gasteiger partial charge in [0.15, 0.2) is 0 Å². The van der Waals surface area contributed by atoms with E-state index in [0.717, 1.165) is 6.08 Å². The molecule has 0 radical (unpaired) electrons. The van der Waals surface area contributed by atoms with E-state index < -0.39 is 11.8 Å². The second-order valence-electron chi connectivity index (χ2n) is 3.62. The fourth-order valence-corrected chi connectivity index (χ4v) is 1.59. The van der Waals surface area contributed by atoms with Crippen LogP contribution in [0.2, 0.25) is 0 Å². The van der Waals surface area contributed by atoms with E-state index in [0.29, 0.717) is 11.1 Å². The first-order valence-electron chi connectivity index (χ1n) is 5.28. The Bertz CT molecular complexity index is 594. The van der Waals surface area contributed by atoms with Gasteiger partial charge in [0, 0.05) is 29.6 Å². The largest absolute Gasteiger partial charge is 0.478 e. The maximum atomic E-state index is 14.1. The van der Waals surface area contributed by atoms with E-state index in [1.807, 2.05) is 0 Å². The van der Waals surface area contributed by atoms with Gasteiger partial charge in [-0.2, -0.15) is 0 Å². The summed E-state index contributed by atoms with van der Waals surface area (Å²) in [7, 11) is 0. The topological polar surface area (TPSA) is 50.2 Å². The van der Waals surface area contributed by atoms with Gasteiger partial charge in [0.1, 0.15) is 5.82 Å². The summed E-state index contributed by atoms with van der Waals surface area (Å²) < 4.78 is 14.1. The Balaban J connectivity index is 2.46. The Hall–Kier alpha value is -2.49. The van der Waals surface area contributed by atoms with Crippen LogP contribution in [0.1, 0.15) is 5.56 Å². The normalized spacial score (nSPS) is 10.7. The van der Waals surface area contributed by atoms with Gasteiger partial charge in [-0.25, -0.2) is 9.18 Å². The van der Waals surface area contributed by atoms with Gasteiger partial charge in [0.2, 0.25) is 0 Å². The Labute approximate surface area is 103 Å². The number of rotatable bonds is 3. The van der Waals surface area contributed by atoms with Gasteiger partial charge in [-0.3, -0.25) is 4.98 Å². The molecular weight excluding hydrogens is 233 g/mol. The molecule has 3 nitrogen and oxygen atoms in total. The number of carbonyl (C=O) groups is 1. The van der Waals surface area contributed by atoms with E-state index in [-0.39, 0.29) is 5.56 Å². The summed E-state index contributed by atoms with van der Waals surface area (Å²) in [6.07, 6.45) is 5.31. The number of carboxylic acid groups (broad SMARTS) is 1. The van der Waals surface area contributed by atoms with Crippen molar-refractivity contribution in [3.8, 4) is 11.1 Å². The Morgan fingerprint density at radius 2 is 1.94 bits per heavy atom. The minimum atomic E-state index is -1.11. The molecule has 0 fully saturated rings. The van der Waals surface area contributed by atoms with Crippen molar-refractivity contribution in [1.29, 1.82) is 0 Å². The highest BCUT2D eigenvalue weighted by atomic mass is 19.1. The van der Waals surface area contributed by atoms with Crippen molar-refractivity contribution >= 4 is 12.0 Å². The third-order valence-corrected chi connectivity index (χ3v) is 2.43. The van der Waals surface area contributed by atoms with Crippen molar-refractivity contribution in [1.82, 2.24) is 4.98 Å². The fourth-order valence-electron chi connectivity index (χ4n) is 1.59. The van der Waals surface area contributed by atoms with Crippen LogP contribution in [0, 0.1) is 5.82 Å². The Morgan fingerprint density at radius 1 is 1.22 bits per heavy atom. The molecule has 0 saturated carbocycles. The minimum Gasteiger partial charge on any atom is -0.478 e. The van der Waals surface area contributed by atoms with E-state index in [9.17, 15) is 9.18 Å². The number of hydrogen-bond acceptors (Lipinski definition) is 2. The number of hydrogen-bond donors (Lipinski definition) is 1. The zero-order valence-electron chi connectivity index (χ0n) is 9.38. The molecule has 90 valence electrons. The molecule has 0 spiro atoms. The predicted molar refractivity (Wildman–Crippen MR) is 66.3 cm³/mol. The molecule has 1 N–H and O–H groups in total. The van der Waals surface area contributed by atoms with Gasteiger partial charge in [-0.15, -0.1) is 0 Å². The first-order valence-corrected chi connectivity index (χ1v) is 5.28. The third-order valence-electron chi connectivity index (χ3n) is 2.43. The second-order valence-corrected chi connectivity index (χ2v) is 3.62. The number of carboxylic acids is 1. The maximum Gasteiger partial charge on any atom is 0.328 e. The lowest BCUT2D eigenvalue weighted by Crippen LogP contribution is -1.90. The molecule has 0 aliphatic carbocycles. The SMILES string of the molecule is O=C(O)/C=C/c1cccc(-c2ccncc2)c1F. The van der Waals surface area contributed by atoms with Crippen LogP contribution in [0.4, 0.5) is 4.39 Å². The molecule has 0 bridgehead atoms. The quantitative estimate of drug-likeness (QED) is 0.843. The molecule has 18 heavy (non-hydrogen) atoms. The summed E-state index contributed by atoms with van der Waals surface area (Å²) >= 11 is 0. The van der Waals surface area contributed by atoms with Crippen LogP contribution in [-0.4, -0.2) is 16.1 Å². The van der Waals surface area contributed by atoms with Crippen molar-refractivity contribution in [2.24, 2.45) is 0 Å². The summed E-state index contributed by atoms with van der Waals surface area (Å²) in [4.78, 5) is 14.3. The summed E-state index contributed by atoms with van der Waals surface area (Å²) in [6, 6.07) is 8.24. The van der Waals surface area contributed by atoms with Crippen LogP contribution in [-0.2, 0) is 4.79 Å². The molecule has 4 heteroatoms. The molecule has 1 heterocycles. The lowest BCUT2D eigenvalue weighted by atomic mass is 10.0. The lowest BCUT2D eigenvalue weighted by Gasteiger charge is -2.05. The molecule has 0 amide bonds. The van der Waals surface area contributed by atoms with E-state index in [1.54, 1.807) is 36.7 Å². The number of pyridine rings is 1. The average Bonchev–Trinajstić information content (AvgIpc) is 2.38. The summed E-state index contributed by atoms with van der Waals surface area (Å²) in [5.41, 5.74) is 1.37. The summed E-state index contributed by atoms with van der Waals surface area (Å²) in [5.74, 6) is -1.55. The molecular formula is C14H10FNO2. The van der Waals surface area contributed by atoms with E-state index in [1.165, 1.54) is 12.1 Å². The molecule has 0 unspecified atom stereocenters. The molecule has 0 aliphatic rings. The smallest absolute Gasteiger partial charge is 0.328 e. The highest BCUT2D eigenvalue weighted by Gasteiger charge is 2.07. The Morgan fingerprint density at radius 3 is 2.61 bits per heavy atom. The number of halogens is 1. The standard InChI is InChI=1S/C14H10FNO2/c15-14-11(4-5-13(17)18)2-1-3-12(14)10-6-8-16-9-7-10/h1-9H,(H,17,18)/b5-4+. The Kier molecular flexibility index (Phi) is 3.48. The number of aromatic nitrogens is 1.